The fourth-order valence-corrected chi connectivity index (χ4v) is 1.11. The van der Waals surface area contributed by atoms with Crippen molar-refractivity contribution in [3.05, 3.63) is 42.5 Å². The van der Waals surface area contributed by atoms with Crippen LogP contribution >= 0.6 is 0 Å². The third-order valence-electron chi connectivity index (χ3n) is 2.12. The molecule has 0 spiro atoms. The third-order valence-corrected chi connectivity index (χ3v) is 2.12. The van der Waals surface area contributed by atoms with Gasteiger partial charge in [-0.25, -0.2) is 0 Å². The van der Waals surface area contributed by atoms with Crippen molar-refractivity contribution < 1.29 is 14.2 Å². The Morgan fingerprint density at radius 1 is 1.40 bits per heavy atom. The van der Waals surface area contributed by atoms with Crippen LogP contribution in [0.25, 0.3) is 5.76 Å². The van der Waals surface area contributed by atoms with Gasteiger partial charge in [0.2, 0.25) is 0 Å². The molecule has 0 saturated carbocycles. The molecule has 3 heteroatoms. The lowest BCUT2D eigenvalue weighted by atomic mass is 10.2. The second kappa shape index (κ2) is 6.19. The van der Waals surface area contributed by atoms with E-state index >= 15 is 0 Å². The molecule has 1 rings (SSSR count). The van der Waals surface area contributed by atoms with Gasteiger partial charge < -0.3 is 4.74 Å². The van der Waals surface area contributed by atoms with Gasteiger partial charge in [0.1, 0.15) is 18.5 Å². The summed E-state index contributed by atoms with van der Waals surface area (Å²) >= 11 is 0. The van der Waals surface area contributed by atoms with E-state index in [2.05, 4.69) is 11.5 Å². The first kappa shape index (κ1) is 11.7. The van der Waals surface area contributed by atoms with E-state index in [9.17, 15) is 4.53 Å². The second-order valence-corrected chi connectivity index (χ2v) is 3.22. The Labute approximate surface area is 89.2 Å². The second-order valence-electron chi connectivity index (χ2n) is 3.22. The first-order valence-corrected chi connectivity index (χ1v) is 4.92. The minimum Gasteiger partial charge on any atom is -0.491 e. The van der Waals surface area contributed by atoms with Crippen LogP contribution in [0.4, 0.5) is 4.53 Å². The van der Waals surface area contributed by atoms with Gasteiger partial charge in [0.15, 0.2) is 0 Å². The van der Waals surface area contributed by atoms with Gasteiger partial charge in [-0.3, -0.25) is 0 Å². The largest absolute Gasteiger partial charge is 0.491 e. The minimum atomic E-state index is -0.523. The summed E-state index contributed by atoms with van der Waals surface area (Å²) in [4.78, 5) is 3.72. The smallest absolute Gasteiger partial charge is 0.132 e. The number of rotatable bonds is 6. The van der Waals surface area contributed by atoms with Crippen molar-refractivity contribution in [2.24, 2.45) is 0 Å². The molecular formula is C12H15FO2. The molecule has 0 aromatic heterocycles. The Morgan fingerprint density at radius 2 is 2.07 bits per heavy atom. The number of benzene rings is 1. The molecule has 0 amide bonds. The maximum absolute atomic E-state index is 11.9. The molecule has 0 aliphatic rings. The van der Waals surface area contributed by atoms with Crippen molar-refractivity contribution in [2.75, 3.05) is 6.61 Å². The highest BCUT2D eigenvalue weighted by atomic mass is 19.3. The van der Waals surface area contributed by atoms with Crippen molar-refractivity contribution in [1.29, 1.82) is 0 Å². The Kier molecular flexibility index (Phi) is 4.84. The Bertz CT molecular complexity index is 294. The Hall–Kier alpha value is -1.35. The summed E-state index contributed by atoms with van der Waals surface area (Å²) in [6.45, 7) is 5.78. The van der Waals surface area contributed by atoms with Gasteiger partial charge in [0.05, 0.1) is 0 Å². The molecule has 1 aromatic carbocycles. The third kappa shape index (κ3) is 3.72. The van der Waals surface area contributed by atoms with Crippen LogP contribution in [0.15, 0.2) is 36.9 Å². The molecule has 0 bridgehead atoms. The zero-order valence-corrected chi connectivity index (χ0v) is 8.78. The van der Waals surface area contributed by atoms with Crippen LogP contribution in [0.1, 0.15) is 18.9 Å². The highest BCUT2D eigenvalue weighted by molar-refractivity contribution is 5.56. The highest BCUT2D eigenvalue weighted by Gasteiger charge is 2.08. The van der Waals surface area contributed by atoms with Crippen LogP contribution in [0.2, 0.25) is 0 Å². The van der Waals surface area contributed by atoms with Crippen molar-refractivity contribution in [1.82, 2.24) is 0 Å². The van der Waals surface area contributed by atoms with Crippen LogP contribution in [0.3, 0.4) is 0 Å². The maximum atomic E-state index is 11.9. The molecule has 0 radical (unpaired) electrons. The number of halogens is 1. The summed E-state index contributed by atoms with van der Waals surface area (Å²) in [6, 6.07) is 9.48. The van der Waals surface area contributed by atoms with Crippen molar-refractivity contribution in [2.45, 2.75) is 19.4 Å². The molecule has 0 heterocycles. The summed E-state index contributed by atoms with van der Waals surface area (Å²) in [5.41, 5.74) is 0.895. The molecule has 0 aliphatic carbocycles. The summed E-state index contributed by atoms with van der Waals surface area (Å²) in [5, 5.41) is 0. The molecule has 15 heavy (non-hydrogen) atoms. The molecule has 1 unspecified atom stereocenters. The predicted octanol–water partition coefficient (Wildman–Crippen LogP) is 3.35. The van der Waals surface area contributed by atoms with E-state index in [0.29, 0.717) is 12.2 Å². The molecule has 82 valence electrons. The minimum absolute atomic E-state index is 0.181. The SMILES string of the molecule is C=C(OCC(CC)OF)c1ccccc1. The van der Waals surface area contributed by atoms with Crippen LogP contribution in [0, 0.1) is 0 Å². The lowest BCUT2D eigenvalue weighted by Crippen LogP contribution is -2.14. The lowest BCUT2D eigenvalue weighted by molar-refractivity contribution is -0.189. The fourth-order valence-electron chi connectivity index (χ4n) is 1.11. The summed E-state index contributed by atoms with van der Waals surface area (Å²) in [6.07, 6.45) is 0.0453. The molecule has 2 nitrogen and oxygen atoms in total. The predicted molar refractivity (Wildman–Crippen MR) is 57.7 cm³/mol. The topological polar surface area (TPSA) is 18.5 Å². The van der Waals surface area contributed by atoms with Gasteiger partial charge in [0, 0.05) is 5.56 Å². The van der Waals surface area contributed by atoms with E-state index in [1.165, 1.54) is 0 Å². The summed E-state index contributed by atoms with van der Waals surface area (Å²) in [5.74, 6) is 0.533. The average Bonchev–Trinajstić information content (AvgIpc) is 2.31. The van der Waals surface area contributed by atoms with E-state index in [1.807, 2.05) is 37.3 Å². The van der Waals surface area contributed by atoms with Gasteiger partial charge in [0.25, 0.3) is 0 Å². The zero-order chi connectivity index (χ0) is 11.1. The van der Waals surface area contributed by atoms with E-state index in [4.69, 9.17) is 4.74 Å². The van der Waals surface area contributed by atoms with E-state index in [-0.39, 0.29) is 6.61 Å². The summed E-state index contributed by atoms with van der Waals surface area (Å²) < 4.78 is 17.2. The van der Waals surface area contributed by atoms with Crippen molar-refractivity contribution >= 4 is 5.76 Å². The monoisotopic (exact) mass is 210 g/mol. The Morgan fingerprint density at radius 3 is 2.60 bits per heavy atom. The van der Waals surface area contributed by atoms with Crippen LogP contribution < -0.4 is 0 Å². The van der Waals surface area contributed by atoms with E-state index in [1.54, 1.807) is 0 Å². The van der Waals surface area contributed by atoms with Crippen molar-refractivity contribution in [3.63, 3.8) is 0 Å². The number of hydrogen-bond donors (Lipinski definition) is 0. The van der Waals surface area contributed by atoms with Gasteiger partial charge in [-0.15, -0.1) is 0 Å². The standard InChI is InChI=1S/C12H15FO2/c1-3-12(15-13)9-14-10(2)11-7-5-4-6-8-11/h4-8,12H,2-3,9H2,1H3. The van der Waals surface area contributed by atoms with Crippen LogP contribution in [0.5, 0.6) is 0 Å². The Balaban J connectivity index is 2.43. The van der Waals surface area contributed by atoms with Crippen LogP contribution in [-0.4, -0.2) is 12.7 Å². The zero-order valence-electron chi connectivity index (χ0n) is 8.78. The first-order chi connectivity index (χ1) is 7.27. The molecule has 0 saturated heterocycles. The van der Waals surface area contributed by atoms with Gasteiger partial charge in [-0.1, -0.05) is 43.8 Å². The quantitative estimate of drug-likeness (QED) is 0.670. The summed E-state index contributed by atoms with van der Waals surface area (Å²) in [7, 11) is 0. The molecular weight excluding hydrogens is 195 g/mol. The fraction of sp³-hybridized carbons (Fsp3) is 0.333. The number of hydrogen-bond acceptors (Lipinski definition) is 2. The van der Waals surface area contributed by atoms with E-state index in [0.717, 1.165) is 5.56 Å². The molecule has 1 atom stereocenters. The highest BCUT2D eigenvalue weighted by Crippen LogP contribution is 2.14. The normalized spacial score (nSPS) is 12.1. The molecule has 0 N–H and O–H groups in total. The van der Waals surface area contributed by atoms with Gasteiger partial charge in [-0.2, -0.15) is 4.94 Å². The molecule has 0 aliphatic heterocycles. The van der Waals surface area contributed by atoms with Gasteiger partial charge >= 0.3 is 0 Å². The first-order valence-electron chi connectivity index (χ1n) is 4.92. The van der Waals surface area contributed by atoms with E-state index < -0.39 is 6.10 Å². The maximum Gasteiger partial charge on any atom is 0.132 e. The molecule has 1 aromatic rings. The van der Waals surface area contributed by atoms with Crippen molar-refractivity contribution in [3.8, 4) is 0 Å². The number of ether oxygens (including phenoxy) is 1. The average molecular weight is 210 g/mol. The van der Waals surface area contributed by atoms with Gasteiger partial charge in [-0.05, 0) is 10.9 Å². The lowest BCUT2D eigenvalue weighted by Gasteiger charge is -2.13. The molecule has 0 fully saturated rings. The van der Waals surface area contributed by atoms with Crippen LogP contribution in [-0.2, 0) is 9.68 Å².